The molecule has 0 unspecified atom stereocenters. The van der Waals surface area contributed by atoms with Crippen LogP contribution in [0.5, 0.6) is 0 Å². The maximum absolute atomic E-state index is 12.5. The normalized spacial score (nSPS) is 10.7. The number of pyridine rings is 1. The number of hydrogen-bond donors (Lipinski definition) is 1. The van der Waals surface area contributed by atoms with Crippen LogP contribution in [0.4, 0.5) is 0 Å². The number of carbonyl (C=O) groups is 1. The average Bonchev–Trinajstić information content (AvgIpc) is 3.33. The van der Waals surface area contributed by atoms with Gasteiger partial charge >= 0.3 is 0 Å². The Labute approximate surface area is 161 Å². The molecule has 0 aliphatic heterocycles. The molecule has 4 aromatic rings. The van der Waals surface area contributed by atoms with Crippen LogP contribution < -0.4 is 5.32 Å². The van der Waals surface area contributed by atoms with Gasteiger partial charge in [-0.1, -0.05) is 36.4 Å². The minimum absolute atomic E-state index is 0.258. The number of benzene rings is 1. The first-order valence-corrected chi connectivity index (χ1v) is 8.94. The van der Waals surface area contributed by atoms with Crippen molar-refractivity contribution in [2.45, 2.75) is 13.0 Å². The summed E-state index contributed by atoms with van der Waals surface area (Å²) in [6, 6.07) is 17.7. The molecule has 0 radical (unpaired) electrons. The van der Waals surface area contributed by atoms with Gasteiger partial charge in [0.15, 0.2) is 11.5 Å². The zero-order chi connectivity index (χ0) is 19.3. The molecule has 0 aliphatic carbocycles. The summed E-state index contributed by atoms with van der Waals surface area (Å²) < 4.78 is 3.84. The highest BCUT2D eigenvalue weighted by Crippen LogP contribution is 2.22. The van der Waals surface area contributed by atoms with Gasteiger partial charge in [-0.2, -0.15) is 5.26 Å². The highest BCUT2D eigenvalue weighted by molar-refractivity contribution is 5.99. The minimum Gasteiger partial charge on any atom is -0.350 e. The Morgan fingerprint density at radius 1 is 1.14 bits per heavy atom. The number of nitrogens with zero attached hydrogens (tertiary/aromatic N) is 5. The van der Waals surface area contributed by atoms with Gasteiger partial charge in [-0.3, -0.25) is 9.20 Å². The van der Waals surface area contributed by atoms with Gasteiger partial charge in [0, 0.05) is 25.5 Å². The van der Waals surface area contributed by atoms with Crippen LogP contribution in [0.1, 0.15) is 22.5 Å². The average molecular weight is 370 g/mol. The van der Waals surface area contributed by atoms with Crippen LogP contribution in [0, 0.1) is 11.3 Å². The van der Waals surface area contributed by atoms with Crippen LogP contribution in [0.15, 0.2) is 67.3 Å². The van der Waals surface area contributed by atoms with Crippen LogP contribution >= 0.6 is 0 Å². The molecule has 1 aromatic carbocycles. The lowest BCUT2D eigenvalue weighted by Gasteiger charge is -2.01. The van der Waals surface area contributed by atoms with Crippen LogP contribution in [-0.2, 0) is 6.54 Å². The first kappa shape index (κ1) is 17.5. The predicted octanol–water partition coefficient (Wildman–Crippen LogP) is 2.89. The quantitative estimate of drug-likeness (QED) is 0.529. The van der Waals surface area contributed by atoms with E-state index in [1.165, 1.54) is 5.56 Å². The van der Waals surface area contributed by atoms with Gasteiger partial charge in [0.2, 0.25) is 0 Å². The van der Waals surface area contributed by atoms with Gasteiger partial charge in [-0.15, -0.1) is 0 Å². The van der Waals surface area contributed by atoms with E-state index in [4.69, 9.17) is 5.26 Å². The molecule has 3 heterocycles. The third-order valence-electron chi connectivity index (χ3n) is 4.36. The number of carbonyl (C=O) groups excluding carboxylic acids is 1. The van der Waals surface area contributed by atoms with Crippen molar-refractivity contribution in [3.63, 3.8) is 0 Å². The Balaban J connectivity index is 1.66. The van der Waals surface area contributed by atoms with Crippen LogP contribution in [0.25, 0.3) is 17.0 Å². The maximum atomic E-state index is 12.5. The molecule has 1 amide bonds. The second kappa shape index (κ2) is 7.76. The van der Waals surface area contributed by atoms with Crippen molar-refractivity contribution >= 4 is 11.4 Å². The highest BCUT2D eigenvalue weighted by atomic mass is 16.1. The van der Waals surface area contributed by atoms with Gasteiger partial charge in [-0.25, -0.2) is 9.97 Å². The van der Waals surface area contributed by atoms with E-state index in [0.29, 0.717) is 35.8 Å². The number of nitriles is 1. The van der Waals surface area contributed by atoms with Crippen molar-refractivity contribution in [2.24, 2.45) is 0 Å². The molecule has 0 saturated carbocycles. The van der Waals surface area contributed by atoms with Crippen molar-refractivity contribution in [3.05, 3.63) is 78.5 Å². The first-order chi connectivity index (χ1) is 13.8. The zero-order valence-electron chi connectivity index (χ0n) is 15.1. The third kappa shape index (κ3) is 3.48. The Hall–Kier alpha value is -3.92. The summed E-state index contributed by atoms with van der Waals surface area (Å²) in [5.41, 5.74) is 2.89. The molecule has 7 nitrogen and oxygen atoms in total. The van der Waals surface area contributed by atoms with Crippen LogP contribution in [-0.4, -0.2) is 31.4 Å². The van der Waals surface area contributed by atoms with Crippen molar-refractivity contribution < 1.29 is 4.79 Å². The molecule has 0 saturated heterocycles. The van der Waals surface area contributed by atoms with Crippen LogP contribution in [0.3, 0.4) is 0 Å². The smallest absolute Gasteiger partial charge is 0.272 e. The fraction of sp³-hybridized carbons (Fsp3) is 0.143. The fourth-order valence-corrected chi connectivity index (χ4v) is 3.06. The monoisotopic (exact) mass is 370 g/mol. The van der Waals surface area contributed by atoms with E-state index in [-0.39, 0.29) is 12.3 Å². The van der Waals surface area contributed by atoms with Gasteiger partial charge < -0.3 is 9.88 Å². The van der Waals surface area contributed by atoms with E-state index in [1.807, 2.05) is 63.8 Å². The summed E-state index contributed by atoms with van der Waals surface area (Å²) in [5, 5.41) is 11.4. The predicted molar refractivity (Wildman–Crippen MR) is 105 cm³/mol. The van der Waals surface area contributed by atoms with Crippen molar-refractivity contribution in [2.75, 3.05) is 6.54 Å². The lowest BCUT2D eigenvalue weighted by atomic mass is 10.2. The Kier molecular flexibility index (Phi) is 4.85. The number of nitrogens with one attached hydrogen (secondary N) is 1. The number of hydrogen-bond acceptors (Lipinski definition) is 4. The van der Waals surface area contributed by atoms with E-state index >= 15 is 0 Å². The van der Waals surface area contributed by atoms with E-state index in [9.17, 15) is 4.79 Å². The number of fused-ring (bicyclic) bond motifs is 1. The standard InChI is InChI=1S/C21H18N6O/c22-10-6-11-23-21(28)19-18-9-4-5-12-27(18)20(25-19)17-14-26(15-24-17)13-16-7-2-1-3-8-16/h1-5,7-9,12,14-15H,6,11,13H2,(H,23,28). The molecule has 0 fully saturated rings. The van der Waals surface area contributed by atoms with E-state index < -0.39 is 0 Å². The molecule has 1 N–H and O–H groups in total. The van der Waals surface area contributed by atoms with Gasteiger partial charge in [0.25, 0.3) is 5.91 Å². The summed E-state index contributed by atoms with van der Waals surface area (Å²) in [6.07, 6.45) is 5.80. The topological polar surface area (TPSA) is 88.0 Å². The lowest BCUT2D eigenvalue weighted by molar-refractivity contribution is 0.0952. The molecule has 7 heteroatoms. The maximum Gasteiger partial charge on any atom is 0.272 e. The molecular formula is C21H18N6O. The van der Waals surface area contributed by atoms with Crippen LogP contribution in [0.2, 0.25) is 0 Å². The fourth-order valence-electron chi connectivity index (χ4n) is 3.06. The van der Waals surface area contributed by atoms with Crippen molar-refractivity contribution in [1.82, 2.24) is 24.3 Å². The summed E-state index contributed by atoms with van der Waals surface area (Å²) in [6.45, 7) is 1.00. The number of imidazole rings is 2. The Morgan fingerprint density at radius 3 is 2.79 bits per heavy atom. The van der Waals surface area contributed by atoms with Gasteiger partial charge in [0.05, 0.1) is 24.3 Å². The Morgan fingerprint density at radius 2 is 1.96 bits per heavy atom. The molecule has 0 bridgehead atoms. The minimum atomic E-state index is -0.297. The summed E-state index contributed by atoms with van der Waals surface area (Å²) >= 11 is 0. The second-order valence-electron chi connectivity index (χ2n) is 6.32. The first-order valence-electron chi connectivity index (χ1n) is 8.94. The summed E-state index contributed by atoms with van der Waals surface area (Å²) in [7, 11) is 0. The summed E-state index contributed by atoms with van der Waals surface area (Å²) in [4.78, 5) is 21.5. The molecule has 4 rings (SSSR count). The molecule has 0 spiro atoms. The van der Waals surface area contributed by atoms with E-state index in [1.54, 1.807) is 6.33 Å². The van der Waals surface area contributed by atoms with Gasteiger partial charge in [0.1, 0.15) is 5.69 Å². The second-order valence-corrected chi connectivity index (χ2v) is 6.32. The molecule has 0 atom stereocenters. The summed E-state index contributed by atoms with van der Waals surface area (Å²) in [5.74, 6) is 0.307. The largest absolute Gasteiger partial charge is 0.350 e. The zero-order valence-corrected chi connectivity index (χ0v) is 15.1. The Bertz CT molecular complexity index is 1150. The highest BCUT2D eigenvalue weighted by Gasteiger charge is 2.19. The number of aromatic nitrogens is 4. The van der Waals surface area contributed by atoms with Crippen molar-refractivity contribution in [3.8, 4) is 17.6 Å². The van der Waals surface area contributed by atoms with E-state index in [2.05, 4.69) is 27.4 Å². The number of amides is 1. The number of rotatable bonds is 6. The van der Waals surface area contributed by atoms with E-state index in [0.717, 1.165) is 0 Å². The van der Waals surface area contributed by atoms with Gasteiger partial charge in [-0.05, 0) is 17.7 Å². The molecule has 3 aromatic heterocycles. The SMILES string of the molecule is N#CCCNC(=O)c1nc(-c2cn(Cc3ccccc3)cn2)n2ccccc12. The van der Waals surface area contributed by atoms with Crippen molar-refractivity contribution in [1.29, 1.82) is 5.26 Å². The third-order valence-corrected chi connectivity index (χ3v) is 4.36. The molecule has 138 valence electrons. The lowest BCUT2D eigenvalue weighted by Crippen LogP contribution is -2.24. The molecule has 28 heavy (non-hydrogen) atoms. The molecular weight excluding hydrogens is 352 g/mol. The molecule has 0 aliphatic rings.